The lowest BCUT2D eigenvalue weighted by molar-refractivity contribution is -0.148. The highest BCUT2D eigenvalue weighted by atomic mass is 16.4. The molecule has 0 aliphatic carbocycles. The minimum atomic E-state index is -0.895. The molecule has 1 saturated heterocycles. The van der Waals surface area contributed by atoms with Crippen LogP contribution >= 0.6 is 0 Å². The minimum Gasteiger partial charge on any atom is -0.480 e. The van der Waals surface area contributed by atoms with Gasteiger partial charge in [0.1, 0.15) is 6.04 Å². The summed E-state index contributed by atoms with van der Waals surface area (Å²) in [5, 5.41) is 9.09. The quantitative estimate of drug-likeness (QED) is 0.900. The maximum Gasteiger partial charge on any atom is 0.326 e. The van der Waals surface area contributed by atoms with Crippen LogP contribution in [0.2, 0.25) is 0 Å². The highest BCUT2D eigenvalue weighted by molar-refractivity contribution is 5.85. The van der Waals surface area contributed by atoms with Gasteiger partial charge in [-0.05, 0) is 30.4 Å². The number of rotatable bonds is 4. The summed E-state index contributed by atoms with van der Waals surface area (Å²) in [5.41, 5.74) is 2.15. The zero-order valence-corrected chi connectivity index (χ0v) is 11.1. The van der Waals surface area contributed by atoms with Crippen molar-refractivity contribution in [1.82, 2.24) is 4.90 Å². The van der Waals surface area contributed by atoms with Gasteiger partial charge in [0.15, 0.2) is 0 Å². The number of aliphatic carboxylic acids is 1. The van der Waals surface area contributed by atoms with Crippen molar-refractivity contribution >= 4 is 11.9 Å². The van der Waals surface area contributed by atoms with Crippen LogP contribution in [0.3, 0.4) is 0 Å². The molecule has 1 atom stereocenters. The average molecular weight is 261 g/mol. The SMILES string of the molecule is CCc1cccc(CC(=O)N2CCC[C@H]2C(=O)O)c1. The topological polar surface area (TPSA) is 57.6 Å². The Labute approximate surface area is 113 Å². The van der Waals surface area contributed by atoms with Crippen molar-refractivity contribution in [1.29, 1.82) is 0 Å². The number of likely N-dealkylation sites (tertiary alicyclic amines) is 1. The summed E-state index contributed by atoms with van der Waals surface area (Å²) < 4.78 is 0. The van der Waals surface area contributed by atoms with Gasteiger partial charge in [0.05, 0.1) is 6.42 Å². The highest BCUT2D eigenvalue weighted by Crippen LogP contribution is 2.19. The molecule has 1 amide bonds. The van der Waals surface area contributed by atoms with E-state index >= 15 is 0 Å². The molecule has 0 saturated carbocycles. The Morgan fingerprint density at radius 2 is 2.11 bits per heavy atom. The Bertz CT molecular complexity index is 484. The van der Waals surface area contributed by atoms with Crippen molar-refractivity contribution in [2.24, 2.45) is 0 Å². The number of aryl methyl sites for hydroxylation is 1. The van der Waals surface area contributed by atoms with Crippen molar-refractivity contribution < 1.29 is 14.7 Å². The fraction of sp³-hybridized carbons (Fsp3) is 0.467. The molecular weight excluding hydrogens is 242 g/mol. The summed E-state index contributed by atoms with van der Waals surface area (Å²) in [6, 6.07) is 7.28. The number of nitrogens with zero attached hydrogens (tertiary/aromatic N) is 1. The lowest BCUT2D eigenvalue weighted by atomic mass is 10.1. The zero-order chi connectivity index (χ0) is 13.8. The molecule has 1 heterocycles. The van der Waals surface area contributed by atoms with E-state index < -0.39 is 12.0 Å². The fourth-order valence-corrected chi connectivity index (χ4v) is 2.56. The van der Waals surface area contributed by atoms with E-state index in [1.165, 1.54) is 10.5 Å². The molecule has 1 N–H and O–H groups in total. The Morgan fingerprint density at radius 1 is 1.37 bits per heavy atom. The standard InChI is InChI=1S/C15H19NO3/c1-2-11-5-3-6-12(9-11)10-14(17)16-8-4-7-13(16)15(18)19/h3,5-6,9,13H,2,4,7-8,10H2,1H3,(H,18,19)/t13-/m0/s1. The second-order valence-corrected chi connectivity index (χ2v) is 4.93. The van der Waals surface area contributed by atoms with E-state index in [1.807, 2.05) is 24.3 Å². The van der Waals surface area contributed by atoms with Crippen LogP contribution in [0, 0.1) is 0 Å². The Hall–Kier alpha value is -1.84. The predicted molar refractivity (Wildman–Crippen MR) is 71.9 cm³/mol. The van der Waals surface area contributed by atoms with Crippen LogP contribution < -0.4 is 0 Å². The Kier molecular flexibility index (Phi) is 4.20. The van der Waals surface area contributed by atoms with Gasteiger partial charge >= 0.3 is 5.97 Å². The first-order valence-electron chi connectivity index (χ1n) is 6.72. The van der Waals surface area contributed by atoms with Crippen LogP contribution in [0.1, 0.15) is 30.9 Å². The van der Waals surface area contributed by atoms with E-state index in [0.717, 1.165) is 18.4 Å². The molecule has 1 aromatic rings. The van der Waals surface area contributed by atoms with Crippen molar-refractivity contribution in [2.75, 3.05) is 6.54 Å². The molecule has 0 radical (unpaired) electrons. The van der Waals surface area contributed by atoms with Gasteiger partial charge in [0.2, 0.25) is 5.91 Å². The van der Waals surface area contributed by atoms with Gasteiger partial charge in [0, 0.05) is 6.54 Å². The van der Waals surface area contributed by atoms with E-state index in [4.69, 9.17) is 5.11 Å². The molecule has 1 aromatic carbocycles. The normalized spacial score (nSPS) is 18.6. The minimum absolute atomic E-state index is 0.0850. The molecule has 1 aliphatic rings. The molecule has 102 valence electrons. The molecule has 0 aromatic heterocycles. The largest absolute Gasteiger partial charge is 0.480 e. The number of carbonyl (C=O) groups excluding carboxylic acids is 1. The van der Waals surface area contributed by atoms with E-state index in [0.29, 0.717) is 13.0 Å². The van der Waals surface area contributed by atoms with E-state index in [9.17, 15) is 9.59 Å². The smallest absolute Gasteiger partial charge is 0.326 e. The highest BCUT2D eigenvalue weighted by Gasteiger charge is 2.33. The third kappa shape index (κ3) is 3.13. The zero-order valence-electron chi connectivity index (χ0n) is 11.1. The molecule has 1 aliphatic heterocycles. The summed E-state index contributed by atoms with van der Waals surface area (Å²) >= 11 is 0. The summed E-state index contributed by atoms with van der Waals surface area (Å²) in [5.74, 6) is -0.980. The lowest BCUT2D eigenvalue weighted by Crippen LogP contribution is -2.41. The number of amides is 1. The van der Waals surface area contributed by atoms with Crippen molar-refractivity contribution in [3.05, 3.63) is 35.4 Å². The molecule has 4 nitrogen and oxygen atoms in total. The molecule has 2 rings (SSSR count). The summed E-state index contributed by atoms with van der Waals surface area (Å²) in [4.78, 5) is 24.8. The third-order valence-electron chi connectivity index (χ3n) is 3.61. The van der Waals surface area contributed by atoms with E-state index in [-0.39, 0.29) is 12.3 Å². The number of carbonyl (C=O) groups is 2. The lowest BCUT2D eigenvalue weighted by Gasteiger charge is -2.21. The molecule has 19 heavy (non-hydrogen) atoms. The van der Waals surface area contributed by atoms with Gasteiger partial charge in [-0.15, -0.1) is 0 Å². The first-order chi connectivity index (χ1) is 9.11. The summed E-state index contributed by atoms with van der Waals surface area (Å²) in [6.07, 6.45) is 2.56. The summed E-state index contributed by atoms with van der Waals surface area (Å²) in [6.45, 7) is 2.63. The number of benzene rings is 1. The van der Waals surface area contributed by atoms with Gasteiger partial charge in [-0.2, -0.15) is 0 Å². The number of hydrogen-bond donors (Lipinski definition) is 1. The van der Waals surface area contributed by atoms with Gasteiger partial charge in [0.25, 0.3) is 0 Å². The number of carboxylic acids is 1. The van der Waals surface area contributed by atoms with Gasteiger partial charge in [-0.1, -0.05) is 31.2 Å². The van der Waals surface area contributed by atoms with Crippen LogP contribution in [-0.2, 0) is 22.4 Å². The van der Waals surface area contributed by atoms with E-state index in [1.54, 1.807) is 0 Å². The number of hydrogen-bond acceptors (Lipinski definition) is 2. The van der Waals surface area contributed by atoms with Crippen molar-refractivity contribution in [3.63, 3.8) is 0 Å². The summed E-state index contributed by atoms with van der Waals surface area (Å²) in [7, 11) is 0. The maximum absolute atomic E-state index is 12.2. The van der Waals surface area contributed by atoms with Crippen molar-refractivity contribution in [3.8, 4) is 0 Å². The second kappa shape index (κ2) is 5.87. The van der Waals surface area contributed by atoms with Gasteiger partial charge in [-0.3, -0.25) is 4.79 Å². The first-order valence-corrected chi connectivity index (χ1v) is 6.72. The third-order valence-corrected chi connectivity index (χ3v) is 3.61. The van der Waals surface area contributed by atoms with Crippen LogP contribution in [0.4, 0.5) is 0 Å². The molecule has 0 unspecified atom stereocenters. The molecule has 0 spiro atoms. The first kappa shape index (κ1) is 13.6. The van der Waals surface area contributed by atoms with E-state index in [2.05, 4.69) is 6.92 Å². The second-order valence-electron chi connectivity index (χ2n) is 4.93. The molecule has 4 heteroatoms. The van der Waals surface area contributed by atoms with Crippen LogP contribution in [0.15, 0.2) is 24.3 Å². The van der Waals surface area contributed by atoms with Crippen LogP contribution in [0.5, 0.6) is 0 Å². The van der Waals surface area contributed by atoms with Crippen LogP contribution in [-0.4, -0.2) is 34.5 Å². The van der Waals surface area contributed by atoms with Crippen molar-refractivity contribution in [2.45, 2.75) is 38.6 Å². The van der Waals surface area contributed by atoms with Crippen LogP contribution in [0.25, 0.3) is 0 Å². The molecule has 0 bridgehead atoms. The number of carboxylic acid groups (broad SMARTS) is 1. The van der Waals surface area contributed by atoms with Gasteiger partial charge in [-0.25, -0.2) is 4.79 Å². The monoisotopic (exact) mass is 261 g/mol. The molecular formula is C15H19NO3. The Morgan fingerprint density at radius 3 is 2.79 bits per heavy atom. The van der Waals surface area contributed by atoms with Gasteiger partial charge < -0.3 is 10.0 Å². The predicted octanol–water partition coefficient (Wildman–Crippen LogP) is 1.87. The maximum atomic E-state index is 12.2. The Balaban J connectivity index is 2.06. The fourth-order valence-electron chi connectivity index (χ4n) is 2.56. The average Bonchev–Trinajstić information content (AvgIpc) is 2.88. The molecule has 1 fully saturated rings.